The lowest BCUT2D eigenvalue weighted by atomic mass is 9.85. The first-order valence-electron chi connectivity index (χ1n) is 6.89. The summed E-state index contributed by atoms with van der Waals surface area (Å²) in [5.74, 6) is 0. The summed E-state index contributed by atoms with van der Waals surface area (Å²) < 4.78 is 0. The van der Waals surface area contributed by atoms with Crippen molar-refractivity contribution in [1.82, 2.24) is 4.90 Å². The molecule has 2 nitrogen and oxygen atoms in total. The number of hydrogen-bond donors (Lipinski definition) is 1. The van der Waals surface area contributed by atoms with Gasteiger partial charge < -0.3 is 5.11 Å². The van der Waals surface area contributed by atoms with Gasteiger partial charge in [-0.15, -0.1) is 0 Å². The van der Waals surface area contributed by atoms with E-state index in [2.05, 4.69) is 25.7 Å². The van der Waals surface area contributed by atoms with E-state index < -0.39 is 0 Å². The van der Waals surface area contributed by atoms with Gasteiger partial charge in [0, 0.05) is 18.0 Å². The number of aliphatic hydroxyl groups excluding tert-OH is 1. The second-order valence-corrected chi connectivity index (χ2v) is 6.07. The van der Waals surface area contributed by atoms with E-state index in [9.17, 15) is 5.11 Å². The minimum atomic E-state index is -0.225. The van der Waals surface area contributed by atoms with Gasteiger partial charge in [-0.05, 0) is 32.7 Å². The molecule has 0 aromatic rings. The lowest BCUT2D eigenvalue weighted by Crippen LogP contribution is -2.47. The van der Waals surface area contributed by atoms with Gasteiger partial charge >= 0.3 is 0 Å². The van der Waals surface area contributed by atoms with E-state index in [1.165, 1.54) is 38.6 Å². The van der Waals surface area contributed by atoms with E-state index >= 15 is 0 Å². The molecule has 0 aromatic heterocycles. The van der Waals surface area contributed by atoms with Gasteiger partial charge in [0.15, 0.2) is 0 Å². The van der Waals surface area contributed by atoms with Crippen molar-refractivity contribution in [2.45, 2.75) is 71.9 Å². The minimum Gasteiger partial charge on any atom is -0.393 e. The third-order valence-corrected chi connectivity index (χ3v) is 4.11. The van der Waals surface area contributed by atoms with Gasteiger partial charge in [0.2, 0.25) is 0 Å². The van der Waals surface area contributed by atoms with Gasteiger partial charge in [-0.3, -0.25) is 4.90 Å². The Kier molecular flexibility index (Phi) is 5.26. The summed E-state index contributed by atoms with van der Waals surface area (Å²) in [4.78, 5) is 2.61. The molecule has 1 fully saturated rings. The summed E-state index contributed by atoms with van der Waals surface area (Å²) in [6.45, 7) is 10.8. The normalized spacial score (nSPS) is 25.7. The van der Waals surface area contributed by atoms with E-state index in [1.807, 2.05) is 6.92 Å². The Morgan fingerprint density at radius 3 is 2.62 bits per heavy atom. The summed E-state index contributed by atoms with van der Waals surface area (Å²) in [5, 5.41) is 9.80. The molecule has 0 bridgehead atoms. The topological polar surface area (TPSA) is 23.5 Å². The quantitative estimate of drug-likeness (QED) is 0.780. The van der Waals surface area contributed by atoms with Crippen molar-refractivity contribution in [3.63, 3.8) is 0 Å². The van der Waals surface area contributed by atoms with E-state index in [1.54, 1.807) is 0 Å². The summed E-state index contributed by atoms with van der Waals surface area (Å²) in [5.41, 5.74) is 0.0172. The van der Waals surface area contributed by atoms with E-state index in [-0.39, 0.29) is 11.5 Å². The van der Waals surface area contributed by atoms with Crippen LogP contribution in [-0.4, -0.2) is 35.2 Å². The number of piperidine rings is 1. The van der Waals surface area contributed by atoms with Crippen LogP contribution in [-0.2, 0) is 0 Å². The highest BCUT2D eigenvalue weighted by atomic mass is 16.3. The summed E-state index contributed by atoms with van der Waals surface area (Å²) in [7, 11) is 0. The van der Waals surface area contributed by atoms with Crippen LogP contribution in [0.2, 0.25) is 0 Å². The predicted molar refractivity (Wildman–Crippen MR) is 69.6 cm³/mol. The SMILES string of the molecule is CCCC1CCCCN1CC(C)(C)C(C)O. The van der Waals surface area contributed by atoms with E-state index in [4.69, 9.17) is 0 Å². The largest absolute Gasteiger partial charge is 0.393 e. The van der Waals surface area contributed by atoms with Crippen LogP contribution in [0.25, 0.3) is 0 Å². The molecular formula is C14H29NO. The molecule has 0 amide bonds. The maximum Gasteiger partial charge on any atom is 0.0575 e. The van der Waals surface area contributed by atoms with Crippen LogP contribution >= 0.6 is 0 Å². The zero-order chi connectivity index (χ0) is 12.2. The Labute approximate surface area is 101 Å². The zero-order valence-corrected chi connectivity index (χ0v) is 11.5. The van der Waals surface area contributed by atoms with Crippen LogP contribution in [0, 0.1) is 5.41 Å². The maximum absolute atomic E-state index is 9.80. The standard InChI is InChI=1S/C14H29NO/c1-5-8-13-9-6-7-10-15(13)11-14(3,4)12(2)16/h12-13,16H,5-11H2,1-4H3. The molecule has 0 radical (unpaired) electrons. The molecule has 1 N–H and O–H groups in total. The van der Waals surface area contributed by atoms with Crippen molar-refractivity contribution < 1.29 is 5.11 Å². The second-order valence-electron chi connectivity index (χ2n) is 6.07. The molecule has 1 aliphatic heterocycles. The molecule has 2 atom stereocenters. The first-order valence-corrected chi connectivity index (χ1v) is 6.89. The molecule has 2 heteroatoms. The van der Waals surface area contributed by atoms with Gasteiger partial charge in [-0.2, -0.15) is 0 Å². The Balaban J connectivity index is 2.55. The van der Waals surface area contributed by atoms with Gasteiger partial charge in [0.05, 0.1) is 6.10 Å². The average molecular weight is 227 g/mol. The highest BCUT2D eigenvalue weighted by Gasteiger charge is 2.31. The first kappa shape index (κ1) is 14.0. The molecule has 1 rings (SSSR count). The minimum absolute atomic E-state index is 0.0172. The van der Waals surface area contributed by atoms with Crippen molar-refractivity contribution >= 4 is 0 Å². The van der Waals surface area contributed by atoms with Crippen molar-refractivity contribution in [1.29, 1.82) is 0 Å². The smallest absolute Gasteiger partial charge is 0.0575 e. The van der Waals surface area contributed by atoms with Crippen molar-refractivity contribution in [2.24, 2.45) is 5.41 Å². The molecular weight excluding hydrogens is 198 g/mol. The highest BCUT2D eigenvalue weighted by Crippen LogP contribution is 2.28. The van der Waals surface area contributed by atoms with Crippen molar-refractivity contribution in [3.05, 3.63) is 0 Å². The van der Waals surface area contributed by atoms with Gasteiger partial charge in [0.1, 0.15) is 0 Å². The fourth-order valence-corrected chi connectivity index (χ4v) is 2.58. The monoisotopic (exact) mass is 227 g/mol. The van der Waals surface area contributed by atoms with E-state index in [0.717, 1.165) is 12.6 Å². The van der Waals surface area contributed by atoms with Gasteiger partial charge in [-0.25, -0.2) is 0 Å². The molecule has 1 aliphatic rings. The predicted octanol–water partition coefficient (Wildman–Crippen LogP) is 3.05. The Morgan fingerprint density at radius 2 is 2.06 bits per heavy atom. The molecule has 1 saturated heterocycles. The molecule has 96 valence electrons. The number of aliphatic hydroxyl groups is 1. The van der Waals surface area contributed by atoms with Gasteiger partial charge in [0.25, 0.3) is 0 Å². The number of nitrogens with zero attached hydrogens (tertiary/aromatic N) is 1. The second kappa shape index (κ2) is 6.02. The number of hydrogen-bond acceptors (Lipinski definition) is 2. The third-order valence-electron chi connectivity index (χ3n) is 4.11. The summed E-state index contributed by atoms with van der Waals surface area (Å²) >= 11 is 0. The van der Waals surface area contributed by atoms with Crippen LogP contribution in [0.4, 0.5) is 0 Å². The summed E-state index contributed by atoms with van der Waals surface area (Å²) in [6, 6.07) is 0.761. The molecule has 16 heavy (non-hydrogen) atoms. The molecule has 0 aromatic carbocycles. The molecule has 0 spiro atoms. The highest BCUT2D eigenvalue weighted by molar-refractivity contribution is 4.84. The van der Waals surface area contributed by atoms with Gasteiger partial charge in [-0.1, -0.05) is 33.6 Å². The molecule has 2 unspecified atom stereocenters. The lowest BCUT2D eigenvalue weighted by molar-refractivity contribution is 0.0108. The van der Waals surface area contributed by atoms with Crippen LogP contribution < -0.4 is 0 Å². The number of likely N-dealkylation sites (tertiary alicyclic amines) is 1. The lowest BCUT2D eigenvalue weighted by Gasteiger charge is -2.41. The number of rotatable bonds is 5. The molecule has 0 saturated carbocycles. The van der Waals surface area contributed by atoms with Crippen LogP contribution in [0.3, 0.4) is 0 Å². The molecule has 1 heterocycles. The third kappa shape index (κ3) is 3.74. The van der Waals surface area contributed by atoms with Crippen LogP contribution in [0.1, 0.15) is 59.8 Å². The van der Waals surface area contributed by atoms with Crippen LogP contribution in [0.5, 0.6) is 0 Å². The fraction of sp³-hybridized carbons (Fsp3) is 1.00. The maximum atomic E-state index is 9.80. The van der Waals surface area contributed by atoms with E-state index in [0.29, 0.717) is 0 Å². The average Bonchev–Trinajstić information content (AvgIpc) is 2.20. The Bertz CT molecular complexity index is 199. The van der Waals surface area contributed by atoms with Crippen LogP contribution in [0.15, 0.2) is 0 Å². The summed E-state index contributed by atoms with van der Waals surface area (Å²) in [6.07, 6.45) is 6.43. The Hall–Kier alpha value is -0.0800. The van der Waals surface area contributed by atoms with Crippen molar-refractivity contribution in [3.8, 4) is 0 Å². The molecule has 0 aliphatic carbocycles. The first-order chi connectivity index (χ1) is 7.47. The zero-order valence-electron chi connectivity index (χ0n) is 11.5. The fourth-order valence-electron chi connectivity index (χ4n) is 2.58. The Morgan fingerprint density at radius 1 is 1.38 bits per heavy atom. The van der Waals surface area contributed by atoms with Crippen molar-refractivity contribution in [2.75, 3.05) is 13.1 Å².